The molecule has 0 aliphatic heterocycles. The number of rotatable bonds is 4. The van der Waals surface area contributed by atoms with Crippen LogP contribution in [0.15, 0.2) is 47.5 Å². The Morgan fingerprint density at radius 3 is 2.10 bits per heavy atom. The second kappa shape index (κ2) is 8.46. The molecule has 0 saturated carbocycles. The minimum absolute atomic E-state index is 0.0411. The molecule has 0 aromatic heterocycles. The van der Waals surface area contributed by atoms with E-state index in [2.05, 4.69) is 5.32 Å². The van der Waals surface area contributed by atoms with Crippen LogP contribution >= 0.6 is 0 Å². The maximum absolute atomic E-state index is 14.1. The fraction of sp³-hybridized carbons (Fsp3) is 0.417. The van der Waals surface area contributed by atoms with E-state index in [1.807, 2.05) is 47.6 Å². The Morgan fingerprint density at radius 1 is 1.03 bits per heavy atom. The van der Waals surface area contributed by atoms with Crippen LogP contribution in [0.25, 0.3) is 0 Å². The monoisotopic (exact) mass is 414 g/mol. The van der Waals surface area contributed by atoms with Gasteiger partial charge in [0.2, 0.25) is 5.78 Å². The summed E-state index contributed by atoms with van der Waals surface area (Å²) in [5.41, 5.74) is 6.30. The van der Waals surface area contributed by atoms with Crippen molar-refractivity contribution in [3.8, 4) is 5.75 Å². The summed E-state index contributed by atoms with van der Waals surface area (Å²) < 4.78 is 14.1. The number of benzene rings is 1. The van der Waals surface area contributed by atoms with Crippen LogP contribution < -0.4 is 11.1 Å². The van der Waals surface area contributed by atoms with Crippen molar-refractivity contribution >= 4 is 17.4 Å². The van der Waals surface area contributed by atoms with Gasteiger partial charge in [-0.25, -0.2) is 4.39 Å². The Morgan fingerprint density at radius 2 is 1.60 bits per heavy atom. The summed E-state index contributed by atoms with van der Waals surface area (Å²) >= 11 is 0. The standard InChI is InChI=1S/C24H31FN2O3/c1-23(2,3)16-11-17(24(4,5)6)20(28)12-19(16)27-22(30)15(13-26)21(29)14-9-7-8-10-18(14)25/h9-13,28H,7-8,26H2,1-6H3,(H,27,30)/b15-13-. The van der Waals surface area contributed by atoms with Crippen molar-refractivity contribution < 1.29 is 19.1 Å². The van der Waals surface area contributed by atoms with Crippen molar-refractivity contribution in [2.45, 2.75) is 65.2 Å². The molecule has 2 rings (SSSR count). The number of nitrogens with one attached hydrogen (secondary N) is 1. The molecule has 1 aliphatic rings. The highest BCUT2D eigenvalue weighted by molar-refractivity contribution is 6.29. The molecular weight excluding hydrogens is 383 g/mol. The number of hydrogen-bond donors (Lipinski definition) is 3. The van der Waals surface area contributed by atoms with Crippen molar-refractivity contribution in [3.63, 3.8) is 0 Å². The van der Waals surface area contributed by atoms with E-state index in [0.717, 1.165) is 17.3 Å². The molecule has 30 heavy (non-hydrogen) atoms. The maximum Gasteiger partial charge on any atom is 0.261 e. The summed E-state index contributed by atoms with van der Waals surface area (Å²) in [6.07, 6.45) is 4.70. The van der Waals surface area contributed by atoms with Gasteiger partial charge in [0.05, 0.1) is 5.57 Å². The average Bonchev–Trinajstić information content (AvgIpc) is 2.60. The number of anilines is 1. The zero-order valence-corrected chi connectivity index (χ0v) is 18.5. The maximum atomic E-state index is 14.1. The Hall–Kier alpha value is -2.89. The number of aromatic hydroxyl groups is 1. The quantitative estimate of drug-likeness (QED) is 0.371. The largest absolute Gasteiger partial charge is 0.508 e. The Labute approximate surface area is 177 Å². The van der Waals surface area contributed by atoms with Gasteiger partial charge in [-0.05, 0) is 46.9 Å². The summed E-state index contributed by atoms with van der Waals surface area (Å²) in [7, 11) is 0. The zero-order valence-electron chi connectivity index (χ0n) is 18.5. The van der Waals surface area contributed by atoms with Gasteiger partial charge in [0.15, 0.2) is 0 Å². The number of phenolic OH excluding ortho intramolecular Hbond substituents is 1. The van der Waals surface area contributed by atoms with Crippen molar-refractivity contribution in [2.75, 3.05) is 5.32 Å². The fourth-order valence-electron chi connectivity index (χ4n) is 3.35. The lowest BCUT2D eigenvalue weighted by molar-refractivity contribution is -0.118. The van der Waals surface area contributed by atoms with Crippen molar-refractivity contribution in [2.24, 2.45) is 5.73 Å². The molecule has 0 fully saturated rings. The van der Waals surface area contributed by atoms with E-state index < -0.39 is 17.5 Å². The van der Waals surface area contributed by atoms with Crippen LogP contribution in [0.3, 0.4) is 0 Å². The Kier molecular flexibility index (Phi) is 6.60. The van der Waals surface area contributed by atoms with Crippen LogP contribution in [0.1, 0.15) is 65.5 Å². The number of phenols is 1. The number of hydrogen-bond acceptors (Lipinski definition) is 4. The van der Waals surface area contributed by atoms with Crippen LogP contribution in [-0.2, 0) is 20.4 Å². The van der Waals surface area contributed by atoms with Gasteiger partial charge >= 0.3 is 0 Å². The zero-order chi connectivity index (χ0) is 22.9. The van der Waals surface area contributed by atoms with Crippen LogP contribution in [0.5, 0.6) is 5.75 Å². The van der Waals surface area contributed by atoms with E-state index in [1.54, 1.807) is 0 Å². The van der Waals surface area contributed by atoms with E-state index in [1.165, 1.54) is 18.2 Å². The van der Waals surface area contributed by atoms with E-state index in [4.69, 9.17) is 5.73 Å². The summed E-state index contributed by atoms with van der Waals surface area (Å²) in [5, 5.41) is 13.2. The van der Waals surface area contributed by atoms with E-state index in [-0.39, 0.29) is 27.7 Å². The third-order valence-corrected chi connectivity index (χ3v) is 5.00. The number of amides is 1. The lowest BCUT2D eigenvalue weighted by Crippen LogP contribution is -2.26. The number of halogens is 1. The van der Waals surface area contributed by atoms with Gasteiger partial charge in [-0.1, -0.05) is 47.6 Å². The van der Waals surface area contributed by atoms with Gasteiger partial charge in [-0.3, -0.25) is 9.59 Å². The molecule has 5 nitrogen and oxygen atoms in total. The van der Waals surface area contributed by atoms with Gasteiger partial charge in [-0.2, -0.15) is 0 Å². The second-order valence-corrected chi connectivity index (χ2v) is 9.53. The van der Waals surface area contributed by atoms with Crippen LogP contribution in [-0.4, -0.2) is 16.8 Å². The third kappa shape index (κ3) is 4.99. The van der Waals surface area contributed by atoms with Gasteiger partial charge in [0.1, 0.15) is 17.1 Å². The Bertz CT molecular complexity index is 958. The van der Waals surface area contributed by atoms with Crippen molar-refractivity contribution in [3.05, 3.63) is 58.6 Å². The first kappa shape index (κ1) is 23.4. The number of allylic oxidation sites excluding steroid dienone is 4. The summed E-state index contributed by atoms with van der Waals surface area (Å²) in [6.45, 7) is 11.9. The SMILES string of the molecule is CC(C)(C)c1cc(C(C)(C)C)c(NC(=O)/C(=C\N)C(=O)C2=CCCC=C2F)cc1O. The minimum Gasteiger partial charge on any atom is -0.508 e. The highest BCUT2D eigenvalue weighted by Crippen LogP contribution is 2.39. The average molecular weight is 415 g/mol. The molecule has 1 aliphatic carbocycles. The molecule has 0 saturated heterocycles. The minimum atomic E-state index is -0.767. The summed E-state index contributed by atoms with van der Waals surface area (Å²) in [5.74, 6) is -2.13. The van der Waals surface area contributed by atoms with Crippen LogP contribution in [0.4, 0.5) is 10.1 Å². The first-order valence-electron chi connectivity index (χ1n) is 9.99. The molecule has 6 heteroatoms. The fourth-order valence-corrected chi connectivity index (χ4v) is 3.35. The molecule has 1 amide bonds. The molecule has 0 bridgehead atoms. The van der Waals surface area contributed by atoms with E-state index in [0.29, 0.717) is 18.5 Å². The molecule has 162 valence electrons. The second-order valence-electron chi connectivity index (χ2n) is 9.53. The molecular formula is C24H31FN2O3. The molecule has 0 radical (unpaired) electrons. The summed E-state index contributed by atoms with van der Waals surface area (Å²) in [4.78, 5) is 25.6. The first-order valence-corrected chi connectivity index (χ1v) is 9.99. The van der Waals surface area contributed by atoms with Crippen LogP contribution in [0.2, 0.25) is 0 Å². The first-order chi connectivity index (χ1) is 13.8. The van der Waals surface area contributed by atoms with Gasteiger partial charge < -0.3 is 16.2 Å². The van der Waals surface area contributed by atoms with Gasteiger partial charge in [-0.15, -0.1) is 0 Å². The number of ketones is 1. The van der Waals surface area contributed by atoms with Crippen molar-refractivity contribution in [1.29, 1.82) is 0 Å². The molecule has 1 aromatic carbocycles. The van der Waals surface area contributed by atoms with Gasteiger partial charge in [0, 0.05) is 18.0 Å². The number of nitrogens with two attached hydrogens (primary N) is 1. The molecule has 1 aromatic rings. The highest BCUT2D eigenvalue weighted by atomic mass is 19.1. The number of carbonyl (C=O) groups is 2. The smallest absolute Gasteiger partial charge is 0.261 e. The number of carbonyl (C=O) groups excluding carboxylic acids is 2. The molecule has 0 heterocycles. The van der Waals surface area contributed by atoms with Crippen LogP contribution in [0, 0.1) is 0 Å². The summed E-state index contributed by atoms with van der Waals surface area (Å²) in [6, 6.07) is 3.35. The number of Topliss-reactive ketones (excluding diaryl/α,β-unsaturated/α-hetero) is 1. The molecule has 0 atom stereocenters. The Balaban J connectivity index is 2.44. The lowest BCUT2D eigenvalue weighted by atomic mass is 9.79. The van der Waals surface area contributed by atoms with E-state index >= 15 is 0 Å². The highest BCUT2D eigenvalue weighted by Gasteiger charge is 2.29. The lowest BCUT2D eigenvalue weighted by Gasteiger charge is -2.28. The van der Waals surface area contributed by atoms with Crippen molar-refractivity contribution in [1.82, 2.24) is 0 Å². The normalized spacial score (nSPS) is 15.4. The molecule has 4 N–H and O–H groups in total. The van der Waals surface area contributed by atoms with E-state index in [9.17, 15) is 19.1 Å². The molecule has 0 unspecified atom stereocenters. The predicted octanol–water partition coefficient (Wildman–Crippen LogP) is 4.91. The predicted molar refractivity (Wildman–Crippen MR) is 118 cm³/mol. The molecule has 0 spiro atoms. The van der Waals surface area contributed by atoms with Gasteiger partial charge in [0.25, 0.3) is 5.91 Å². The third-order valence-electron chi connectivity index (χ3n) is 5.00. The topological polar surface area (TPSA) is 92.4 Å².